The Morgan fingerprint density at radius 3 is 2.77 bits per heavy atom. The average Bonchev–Trinajstić information content (AvgIpc) is 2.91. The van der Waals surface area contributed by atoms with Crippen molar-refractivity contribution < 1.29 is 9.59 Å². The number of nitrogens with one attached hydrogen (secondary N) is 1. The van der Waals surface area contributed by atoms with E-state index in [1.54, 1.807) is 30.5 Å². The molecule has 130 valence electrons. The molecular formula is C19H15N3O2S2. The number of thioether (sulfide) groups is 1. The molecule has 1 aromatic heterocycles. The number of benzene rings is 1. The Bertz CT molecular complexity index is 880. The summed E-state index contributed by atoms with van der Waals surface area (Å²) < 4.78 is 0.371. The number of amides is 2. The first-order chi connectivity index (χ1) is 12.6. The van der Waals surface area contributed by atoms with Crippen molar-refractivity contribution >= 4 is 51.9 Å². The average molecular weight is 381 g/mol. The quantitative estimate of drug-likeness (QED) is 0.635. The highest BCUT2D eigenvalue weighted by atomic mass is 32.2. The topological polar surface area (TPSA) is 62.3 Å². The summed E-state index contributed by atoms with van der Waals surface area (Å²) >= 11 is 6.42. The predicted octanol–water partition coefficient (Wildman–Crippen LogP) is 3.48. The maximum absolute atomic E-state index is 12.5. The maximum Gasteiger partial charge on any atom is 0.266 e. The van der Waals surface area contributed by atoms with Crippen LogP contribution in [0.25, 0.3) is 6.08 Å². The van der Waals surface area contributed by atoms with Crippen molar-refractivity contribution in [2.45, 2.75) is 0 Å². The van der Waals surface area contributed by atoms with Crippen LogP contribution in [0.2, 0.25) is 0 Å². The molecule has 0 atom stereocenters. The van der Waals surface area contributed by atoms with Gasteiger partial charge in [0.2, 0.25) is 5.91 Å². The van der Waals surface area contributed by atoms with Crippen LogP contribution < -0.4 is 5.32 Å². The molecule has 0 aliphatic carbocycles. The fraction of sp³-hybridized carbons (Fsp3) is 0.0526. The second kappa shape index (κ2) is 8.55. The van der Waals surface area contributed by atoms with E-state index in [1.807, 2.05) is 36.4 Å². The van der Waals surface area contributed by atoms with Crippen LogP contribution in [0.4, 0.5) is 5.69 Å². The lowest BCUT2D eigenvalue weighted by Crippen LogP contribution is -2.36. The molecule has 3 rings (SSSR count). The van der Waals surface area contributed by atoms with Crippen LogP contribution in [-0.4, -0.2) is 32.6 Å². The molecular weight excluding hydrogens is 366 g/mol. The van der Waals surface area contributed by atoms with Crippen molar-refractivity contribution in [1.82, 2.24) is 9.88 Å². The molecule has 0 saturated carbocycles. The lowest BCUT2D eigenvalue weighted by atomic mass is 10.2. The summed E-state index contributed by atoms with van der Waals surface area (Å²) in [6.45, 7) is -0.126. The SMILES string of the molecule is O=C(CN1C(=O)/C(=C/C=C/c2ccccc2)SC1=S)Nc1cccnc1. The number of hydrogen-bond acceptors (Lipinski definition) is 5. The van der Waals surface area contributed by atoms with E-state index >= 15 is 0 Å². The fourth-order valence-corrected chi connectivity index (χ4v) is 3.45. The number of thiocarbonyl (C=S) groups is 1. The Kier molecular flexibility index (Phi) is 5.93. The van der Waals surface area contributed by atoms with E-state index in [-0.39, 0.29) is 18.4 Å². The molecule has 2 heterocycles. The van der Waals surface area contributed by atoms with E-state index in [4.69, 9.17) is 12.2 Å². The van der Waals surface area contributed by atoms with Gasteiger partial charge in [0.05, 0.1) is 16.8 Å². The van der Waals surface area contributed by atoms with Crippen molar-refractivity contribution in [3.8, 4) is 0 Å². The number of nitrogens with zero attached hydrogens (tertiary/aromatic N) is 2. The van der Waals surface area contributed by atoms with Gasteiger partial charge in [0.25, 0.3) is 5.91 Å². The van der Waals surface area contributed by atoms with Crippen molar-refractivity contribution in [2.75, 3.05) is 11.9 Å². The second-order valence-electron chi connectivity index (χ2n) is 5.35. The van der Waals surface area contributed by atoms with Gasteiger partial charge < -0.3 is 5.32 Å². The Balaban J connectivity index is 1.62. The summed E-state index contributed by atoms with van der Waals surface area (Å²) in [6.07, 6.45) is 8.58. The highest BCUT2D eigenvalue weighted by molar-refractivity contribution is 8.26. The highest BCUT2D eigenvalue weighted by Gasteiger charge is 2.32. The molecule has 5 nitrogen and oxygen atoms in total. The molecule has 2 amide bonds. The van der Waals surface area contributed by atoms with E-state index in [0.717, 1.165) is 5.56 Å². The number of aromatic nitrogens is 1. The van der Waals surface area contributed by atoms with Gasteiger partial charge in [-0.1, -0.05) is 66.5 Å². The minimum absolute atomic E-state index is 0.126. The van der Waals surface area contributed by atoms with Crippen molar-refractivity contribution in [2.24, 2.45) is 0 Å². The van der Waals surface area contributed by atoms with Crippen LogP contribution in [0.5, 0.6) is 0 Å². The Morgan fingerprint density at radius 2 is 2.04 bits per heavy atom. The standard InChI is InChI=1S/C19H15N3O2S2/c23-17(21-15-9-5-11-20-12-15)13-22-18(24)16(26-19(22)25)10-4-8-14-6-2-1-3-7-14/h1-12H,13H2,(H,21,23)/b8-4+,16-10-. The smallest absolute Gasteiger partial charge is 0.266 e. The number of anilines is 1. The minimum atomic E-state index is -0.324. The maximum atomic E-state index is 12.5. The normalized spacial score (nSPS) is 15.8. The van der Waals surface area contributed by atoms with E-state index in [0.29, 0.717) is 14.9 Å². The summed E-state index contributed by atoms with van der Waals surface area (Å²) in [5.41, 5.74) is 1.61. The summed E-state index contributed by atoms with van der Waals surface area (Å²) in [5.74, 6) is -0.588. The van der Waals surface area contributed by atoms with Crippen LogP contribution >= 0.6 is 24.0 Å². The third kappa shape index (κ3) is 4.65. The van der Waals surface area contributed by atoms with E-state index < -0.39 is 0 Å². The van der Waals surface area contributed by atoms with Crippen molar-refractivity contribution in [3.63, 3.8) is 0 Å². The highest BCUT2D eigenvalue weighted by Crippen LogP contribution is 2.30. The first kappa shape index (κ1) is 18.0. The molecule has 7 heteroatoms. The van der Waals surface area contributed by atoms with Gasteiger partial charge in [-0.2, -0.15) is 0 Å². The van der Waals surface area contributed by atoms with E-state index in [2.05, 4.69) is 10.3 Å². The monoisotopic (exact) mass is 381 g/mol. The van der Waals surface area contributed by atoms with Gasteiger partial charge in [-0.25, -0.2) is 0 Å². The zero-order valence-electron chi connectivity index (χ0n) is 13.7. The predicted molar refractivity (Wildman–Crippen MR) is 108 cm³/mol. The van der Waals surface area contributed by atoms with Gasteiger partial charge in [0.15, 0.2) is 0 Å². The fourth-order valence-electron chi connectivity index (χ4n) is 2.24. The van der Waals surface area contributed by atoms with Crippen LogP contribution in [0.1, 0.15) is 5.56 Å². The van der Waals surface area contributed by atoms with Gasteiger partial charge in [-0.15, -0.1) is 0 Å². The summed E-state index contributed by atoms with van der Waals surface area (Å²) in [6, 6.07) is 13.2. The molecule has 0 spiro atoms. The first-order valence-electron chi connectivity index (χ1n) is 7.80. The molecule has 26 heavy (non-hydrogen) atoms. The third-order valence-corrected chi connectivity index (χ3v) is 4.85. The second-order valence-corrected chi connectivity index (χ2v) is 7.03. The van der Waals surface area contributed by atoms with Crippen molar-refractivity contribution in [1.29, 1.82) is 0 Å². The lowest BCUT2D eigenvalue weighted by molar-refractivity contribution is -0.126. The number of hydrogen-bond donors (Lipinski definition) is 1. The largest absolute Gasteiger partial charge is 0.323 e. The molecule has 1 saturated heterocycles. The summed E-state index contributed by atoms with van der Waals surface area (Å²) in [4.78, 5) is 30.3. The molecule has 1 aliphatic rings. The lowest BCUT2D eigenvalue weighted by Gasteiger charge is -2.13. The molecule has 0 radical (unpaired) electrons. The summed E-state index contributed by atoms with van der Waals surface area (Å²) in [5, 5.41) is 2.69. The molecule has 0 bridgehead atoms. The van der Waals surface area contributed by atoms with E-state index in [9.17, 15) is 9.59 Å². The van der Waals surface area contributed by atoms with Crippen LogP contribution in [0.15, 0.2) is 71.9 Å². The molecule has 1 fully saturated rings. The number of rotatable bonds is 5. The van der Waals surface area contributed by atoms with E-state index in [1.165, 1.54) is 22.9 Å². The third-order valence-electron chi connectivity index (χ3n) is 3.46. The van der Waals surface area contributed by atoms with Crippen LogP contribution in [0.3, 0.4) is 0 Å². The molecule has 1 aromatic carbocycles. The van der Waals surface area contributed by atoms with Crippen molar-refractivity contribution in [3.05, 3.63) is 77.5 Å². The zero-order chi connectivity index (χ0) is 18.4. The minimum Gasteiger partial charge on any atom is -0.323 e. The summed E-state index contributed by atoms with van der Waals surface area (Å²) in [7, 11) is 0. The van der Waals surface area contributed by atoms with Crippen LogP contribution in [0, 0.1) is 0 Å². The van der Waals surface area contributed by atoms with Gasteiger partial charge in [-0.3, -0.25) is 19.5 Å². The molecule has 1 aliphatic heterocycles. The Morgan fingerprint density at radius 1 is 1.23 bits per heavy atom. The van der Waals surface area contributed by atoms with Gasteiger partial charge >= 0.3 is 0 Å². The Labute approximate surface area is 160 Å². The molecule has 1 N–H and O–H groups in total. The zero-order valence-corrected chi connectivity index (χ0v) is 15.3. The van der Waals surface area contributed by atoms with Gasteiger partial charge in [0, 0.05) is 6.20 Å². The van der Waals surface area contributed by atoms with Crippen LogP contribution in [-0.2, 0) is 9.59 Å². The van der Waals surface area contributed by atoms with Gasteiger partial charge in [0.1, 0.15) is 10.9 Å². The first-order valence-corrected chi connectivity index (χ1v) is 9.03. The number of allylic oxidation sites excluding steroid dienone is 2. The number of carbonyl (C=O) groups is 2. The molecule has 2 aromatic rings. The molecule has 0 unspecified atom stereocenters. The van der Waals surface area contributed by atoms with Gasteiger partial charge in [-0.05, 0) is 23.8 Å². The number of pyridine rings is 1. The Hall–Kier alpha value is -2.77. The number of carbonyl (C=O) groups excluding carboxylic acids is 2.